The van der Waals surface area contributed by atoms with Gasteiger partial charge >= 0.3 is 0 Å². The number of ether oxygens (including phenoxy) is 1. The van der Waals surface area contributed by atoms with E-state index in [1.165, 1.54) is 57.1 Å². The maximum absolute atomic E-state index is 5.42. The van der Waals surface area contributed by atoms with Crippen LogP contribution in [0.15, 0.2) is 78.9 Å². The van der Waals surface area contributed by atoms with Gasteiger partial charge in [-0.3, -0.25) is 0 Å². The molecule has 0 bridgehead atoms. The minimum atomic E-state index is 0.866. The second kappa shape index (κ2) is 7.28. The zero-order valence-electron chi connectivity index (χ0n) is 17.6. The summed E-state index contributed by atoms with van der Waals surface area (Å²) in [6, 6.07) is 27.9. The summed E-state index contributed by atoms with van der Waals surface area (Å²) < 4.78 is 7.64. The third kappa shape index (κ3) is 2.84. The third-order valence-electron chi connectivity index (χ3n) is 6.48. The molecule has 0 N–H and O–H groups in total. The van der Waals surface area contributed by atoms with E-state index in [-0.39, 0.29) is 0 Å². The molecule has 152 valence electrons. The fourth-order valence-electron chi connectivity index (χ4n) is 5.05. The number of rotatable bonds is 3. The van der Waals surface area contributed by atoms with Crippen LogP contribution in [0.25, 0.3) is 38.7 Å². The molecule has 1 aliphatic carbocycles. The Bertz CT molecular complexity index is 1400. The second-order valence-corrected chi connectivity index (χ2v) is 8.26. The van der Waals surface area contributed by atoms with Crippen molar-refractivity contribution in [3.8, 4) is 28.1 Å². The molecule has 2 aromatic heterocycles. The first-order valence-electron chi connectivity index (χ1n) is 11.0. The normalized spacial score (nSPS) is 13.5. The first kappa shape index (κ1) is 18.2. The van der Waals surface area contributed by atoms with E-state index in [0.29, 0.717) is 0 Å². The van der Waals surface area contributed by atoms with Crippen molar-refractivity contribution < 1.29 is 4.74 Å². The van der Waals surface area contributed by atoms with E-state index in [1.807, 2.05) is 12.1 Å². The summed E-state index contributed by atoms with van der Waals surface area (Å²) in [5, 5.41) is 7.74. The highest BCUT2D eigenvalue weighted by molar-refractivity contribution is 6.10. The average Bonchev–Trinajstić information content (AvgIpc) is 3.23. The highest BCUT2D eigenvalue weighted by atomic mass is 16.5. The van der Waals surface area contributed by atoms with Crippen LogP contribution in [-0.4, -0.2) is 16.7 Å². The molecule has 3 heteroatoms. The molecule has 0 saturated heterocycles. The lowest BCUT2D eigenvalue weighted by Crippen LogP contribution is -2.00. The number of aryl methyl sites for hydroxylation is 2. The summed E-state index contributed by atoms with van der Waals surface area (Å²) >= 11 is 0. The van der Waals surface area contributed by atoms with Crippen LogP contribution < -0.4 is 4.74 Å². The van der Waals surface area contributed by atoms with Crippen LogP contribution in [0.3, 0.4) is 0 Å². The van der Waals surface area contributed by atoms with E-state index in [0.717, 1.165) is 24.3 Å². The highest BCUT2D eigenvalue weighted by Gasteiger charge is 2.24. The van der Waals surface area contributed by atoms with Gasteiger partial charge in [0.1, 0.15) is 5.75 Å². The van der Waals surface area contributed by atoms with Gasteiger partial charge < -0.3 is 4.74 Å². The van der Waals surface area contributed by atoms with E-state index < -0.39 is 0 Å². The lowest BCUT2D eigenvalue weighted by Gasteiger charge is -2.18. The molecule has 0 spiro atoms. The van der Waals surface area contributed by atoms with Crippen LogP contribution in [0.1, 0.15) is 24.1 Å². The third-order valence-corrected chi connectivity index (χ3v) is 6.48. The molecule has 0 aliphatic heterocycles. The van der Waals surface area contributed by atoms with Crippen LogP contribution in [0, 0.1) is 0 Å². The first-order chi connectivity index (χ1) is 15.3. The van der Waals surface area contributed by atoms with Crippen molar-refractivity contribution in [2.24, 2.45) is 0 Å². The molecule has 0 atom stereocenters. The number of benzene rings is 3. The molecular weight excluding hydrogens is 380 g/mol. The van der Waals surface area contributed by atoms with Gasteiger partial charge in [-0.2, -0.15) is 5.10 Å². The van der Waals surface area contributed by atoms with Gasteiger partial charge in [0.25, 0.3) is 0 Å². The summed E-state index contributed by atoms with van der Waals surface area (Å²) in [5.41, 5.74) is 8.71. The Kier molecular flexibility index (Phi) is 4.27. The predicted molar refractivity (Wildman–Crippen MR) is 127 cm³/mol. The van der Waals surface area contributed by atoms with Crippen LogP contribution in [0.4, 0.5) is 0 Å². The molecule has 3 nitrogen and oxygen atoms in total. The molecule has 6 rings (SSSR count). The zero-order valence-corrected chi connectivity index (χ0v) is 17.6. The maximum Gasteiger partial charge on any atom is 0.118 e. The minimum Gasteiger partial charge on any atom is -0.497 e. The summed E-state index contributed by atoms with van der Waals surface area (Å²) in [6.45, 7) is 0. The van der Waals surface area contributed by atoms with E-state index in [1.54, 1.807) is 7.11 Å². The van der Waals surface area contributed by atoms with E-state index in [2.05, 4.69) is 71.2 Å². The van der Waals surface area contributed by atoms with E-state index in [4.69, 9.17) is 9.84 Å². The van der Waals surface area contributed by atoms with Gasteiger partial charge in [0.05, 0.1) is 24.0 Å². The molecule has 3 aromatic carbocycles. The molecule has 0 fully saturated rings. The van der Waals surface area contributed by atoms with Crippen LogP contribution in [0.5, 0.6) is 5.75 Å². The maximum atomic E-state index is 5.42. The molecule has 0 radical (unpaired) electrons. The minimum absolute atomic E-state index is 0.866. The number of nitrogens with zero attached hydrogens (tertiary/aromatic N) is 2. The molecule has 1 aliphatic rings. The van der Waals surface area contributed by atoms with Gasteiger partial charge in [-0.1, -0.05) is 66.7 Å². The van der Waals surface area contributed by atoms with E-state index >= 15 is 0 Å². The number of aromatic nitrogens is 2. The Labute approximate surface area is 181 Å². The van der Waals surface area contributed by atoms with Crippen molar-refractivity contribution in [2.75, 3.05) is 7.11 Å². The fraction of sp³-hybridized carbons (Fsp3) is 0.179. The Morgan fingerprint density at radius 1 is 0.742 bits per heavy atom. The summed E-state index contributed by atoms with van der Waals surface area (Å²) in [4.78, 5) is 0. The Morgan fingerprint density at radius 2 is 1.45 bits per heavy atom. The quantitative estimate of drug-likeness (QED) is 0.334. The molecular formula is C28H24N2O. The molecule has 5 aromatic rings. The summed E-state index contributed by atoms with van der Waals surface area (Å²) in [5.74, 6) is 0.866. The van der Waals surface area contributed by atoms with Crippen LogP contribution in [-0.2, 0) is 12.8 Å². The monoisotopic (exact) mass is 404 g/mol. The second-order valence-electron chi connectivity index (χ2n) is 8.26. The molecule has 0 unspecified atom stereocenters. The molecule has 0 amide bonds. The Morgan fingerprint density at radius 3 is 2.23 bits per heavy atom. The first-order valence-corrected chi connectivity index (χ1v) is 11.0. The molecule has 31 heavy (non-hydrogen) atoms. The summed E-state index contributed by atoms with van der Waals surface area (Å²) in [6.07, 6.45) is 4.64. The topological polar surface area (TPSA) is 26.5 Å². The number of pyridine rings is 1. The predicted octanol–water partition coefficient (Wildman–Crippen LogP) is 6.71. The summed E-state index contributed by atoms with van der Waals surface area (Å²) in [7, 11) is 1.71. The van der Waals surface area contributed by atoms with E-state index in [9.17, 15) is 0 Å². The fourth-order valence-corrected chi connectivity index (χ4v) is 5.05. The van der Waals surface area contributed by atoms with Gasteiger partial charge in [-0.25, -0.2) is 4.52 Å². The van der Waals surface area contributed by atoms with Gasteiger partial charge in [0.15, 0.2) is 0 Å². The van der Waals surface area contributed by atoms with Crippen molar-refractivity contribution >= 4 is 16.3 Å². The number of methoxy groups -OCH3 is 1. The SMILES string of the molecule is COc1ccc(-c2c(-c3ccccc3)n3nc4c(c3c3ccccc23)CCCC4)cc1. The molecule has 0 saturated carbocycles. The van der Waals surface area contributed by atoms with Crippen molar-refractivity contribution in [3.63, 3.8) is 0 Å². The van der Waals surface area contributed by atoms with Crippen LogP contribution >= 0.6 is 0 Å². The number of hydrogen-bond acceptors (Lipinski definition) is 2. The smallest absolute Gasteiger partial charge is 0.118 e. The molecule has 2 heterocycles. The van der Waals surface area contributed by atoms with Crippen molar-refractivity contribution in [1.82, 2.24) is 9.61 Å². The van der Waals surface area contributed by atoms with Gasteiger partial charge in [0.2, 0.25) is 0 Å². The Balaban J connectivity index is 1.80. The lowest BCUT2D eigenvalue weighted by atomic mass is 9.91. The number of hydrogen-bond donors (Lipinski definition) is 0. The standard InChI is InChI=1S/C28H24N2O/c1-31-21-17-15-19(16-18-21)26-22-11-5-6-12-23(22)28-24-13-7-8-14-25(24)29-30(28)27(26)20-9-3-2-4-10-20/h2-6,9-12,15-18H,7-8,13-14H2,1H3. The average molecular weight is 405 g/mol. The lowest BCUT2D eigenvalue weighted by molar-refractivity contribution is 0.415. The van der Waals surface area contributed by atoms with Crippen molar-refractivity contribution in [3.05, 3.63) is 90.1 Å². The van der Waals surface area contributed by atoms with Crippen molar-refractivity contribution in [1.29, 1.82) is 0 Å². The van der Waals surface area contributed by atoms with Gasteiger partial charge in [-0.05, 0) is 48.8 Å². The van der Waals surface area contributed by atoms with Crippen molar-refractivity contribution in [2.45, 2.75) is 25.7 Å². The highest BCUT2D eigenvalue weighted by Crippen LogP contribution is 2.42. The van der Waals surface area contributed by atoms with Gasteiger partial charge in [-0.15, -0.1) is 0 Å². The Hall–Kier alpha value is -3.59. The zero-order chi connectivity index (χ0) is 20.8. The van der Waals surface area contributed by atoms with Crippen LogP contribution in [0.2, 0.25) is 0 Å². The van der Waals surface area contributed by atoms with Gasteiger partial charge in [0, 0.05) is 22.1 Å². The number of fused-ring (bicyclic) bond motifs is 5. The largest absolute Gasteiger partial charge is 0.497 e.